The number of thiazole rings is 1. The second kappa shape index (κ2) is 5.45. The molecule has 1 aromatic carbocycles. The molecule has 1 aliphatic rings. The third-order valence-electron chi connectivity index (χ3n) is 3.05. The lowest BCUT2D eigenvalue weighted by Crippen LogP contribution is -2.23. The van der Waals surface area contributed by atoms with Crippen LogP contribution in [0.5, 0.6) is 0 Å². The van der Waals surface area contributed by atoms with Gasteiger partial charge in [0.05, 0.1) is 11.3 Å². The number of benzene rings is 1. The van der Waals surface area contributed by atoms with Crippen molar-refractivity contribution >= 4 is 38.1 Å². The highest BCUT2D eigenvalue weighted by Crippen LogP contribution is 2.24. The Balaban J connectivity index is 1.82. The SMILES string of the molecule is O=C1[CH]CCN1c1ccc(S(=O)(=O)Nc2nccs2)cc1. The summed E-state index contributed by atoms with van der Waals surface area (Å²) in [4.78, 5) is 17.2. The molecule has 1 saturated heterocycles. The molecule has 0 bridgehead atoms. The van der Waals surface area contributed by atoms with Gasteiger partial charge in [0.15, 0.2) is 5.13 Å². The minimum atomic E-state index is -3.65. The number of rotatable bonds is 4. The van der Waals surface area contributed by atoms with Crippen molar-refractivity contribution in [3.8, 4) is 0 Å². The molecule has 21 heavy (non-hydrogen) atoms. The number of hydrogen-bond acceptors (Lipinski definition) is 5. The van der Waals surface area contributed by atoms with Crippen LogP contribution in [0.25, 0.3) is 0 Å². The minimum Gasteiger partial charge on any atom is -0.312 e. The van der Waals surface area contributed by atoms with E-state index in [2.05, 4.69) is 9.71 Å². The molecule has 109 valence electrons. The number of amides is 1. The third kappa shape index (κ3) is 2.91. The van der Waals surface area contributed by atoms with E-state index in [0.717, 1.165) is 0 Å². The molecule has 6 nitrogen and oxygen atoms in total. The fourth-order valence-electron chi connectivity index (χ4n) is 2.05. The maximum Gasteiger partial charge on any atom is 0.263 e. The lowest BCUT2D eigenvalue weighted by molar-refractivity contribution is -0.114. The lowest BCUT2D eigenvalue weighted by atomic mass is 10.3. The van der Waals surface area contributed by atoms with E-state index in [4.69, 9.17) is 0 Å². The molecule has 1 radical (unpaired) electrons. The Kier molecular flexibility index (Phi) is 3.64. The van der Waals surface area contributed by atoms with E-state index >= 15 is 0 Å². The van der Waals surface area contributed by atoms with Gasteiger partial charge in [-0.15, -0.1) is 11.3 Å². The molecule has 1 aliphatic heterocycles. The van der Waals surface area contributed by atoms with Crippen molar-refractivity contribution in [1.29, 1.82) is 0 Å². The molecule has 1 N–H and O–H groups in total. The van der Waals surface area contributed by atoms with Gasteiger partial charge in [0.25, 0.3) is 10.0 Å². The second-order valence-electron chi connectivity index (χ2n) is 4.42. The number of carbonyl (C=O) groups excluding carboxylic acids is 1. The number of carbonyl (C=O) groups is 1. The maximum atomic E-state index is 12.2. The van der Waals surface area contributed by atoms with E-state index in [1.54, 1.807) is 28.8 Å². The zero-order valence-electron chi connectivity index (χ0n) is 10.9. The topological polar surface area (TPSA) is 79.4 Å². The Morgan fingerprint density at radius 2 is 2.00 bits per heavy atom. The molecule has 2 aromatic rings. The summed E-state index contributed by atoms with van der Waals surface area (Å²) in [5.41, 5.74) is 0.696. The van der Waals surface area contributed by atoms with Crippen LogP contribution >= 0.6 is 11.3 Å². The highest BCUT2D eigenvalue weighted by atomic mass is 32.2. The fraction of sp³-hybridized carbons (Fsp3) is 0.154. The summed E-state index contributed by atoms with van der Waals surface area (Å²) in [5.74, 6) is -0.0495. The van der Waals surface area contributed by atoms with Crippen molar-refractivity contribution < 1.29 is 13.2 Å². The smallest absolute Gasteiger partial charge is 0.263 e. The molecule has 1 aromatic heterocycles. The Hall–Kier alpha value is -1.93. The van der Waals surface area contributed by atoms with Gasteiger partial charge in [-0.05, 0) is 30.7 Å². The summed E-state index contributed by atoms with van der Waals surface area (Å²) in [6.07, 6.45) is 3.86. The van der Waals surface area contributed by atoms with Gasteiger partial charge >= 0.3 is 0 Å². The van der Waals surface area contributed by atoms with Crippen molar-refractivity contribution in [3.05, 3.63) is 42.3 Å². The molecule has 8 heteroatoms. The first-order valence-corrected chi connectivity index (χ1v) is 8.60. The quantitative estimate of drug-likeness (QED) is 0.932. The van der Waals surface area contributed by atoms with E-state index in [1.165, 1.54) is 29.7 Å². The molecule has 0 saturated carbocycles. The van der Waals surface area contributed by atoms with E-state index in [0.29, 0.717) is 23.8 Å². The lowest BCUT2D eigenvalue weighted by Gasteiger charge is -2.15. The first kappa shape index (κ1) is 14.0. The molecule has 0 spiro atoms. The molecular weight excluding hydrogens is 310 g/mol. The third-order valence-corrected chi connectivity index (χ3v) is 5.22. The Morgan fingerprint density at radius 3 is 2.57 bits per heavy atom. The van der Waals surface area contributed by atoms with Crippen molar-refractivity contribution in [2.75, 3.05) is 16.2 Å². The van der Waals surface area contributed by atoms with Crippen LogP contribution in [-0.4, -0.2) is 25.9 Å². The highest BCUT2D eigenvalue weighted by molar-refractivity contribution is 7.93. The monoisotopic (exact) mass is 322 g/mol. The normalized spacial score (nSPS) is 15.4. The molecule has 0 aliphatic carbocycles. The van der Waals surface area contributed by atoms with Gasteiger partial charge in [-0.25, -0.2) is 13.4 Å². The van der Waals surface area contributed by atoms with Crippen LogP contribution in [-0.2, 0) is 14.8 Å². The zero-order valence-corrected chi connectivity index (χ0v) is 12.5. The Morgan fingerprint density at radius 1 is 1.24 bits per heavy atom. The largest absolute Gasteiger partial charge is 0.312 e. The standard InChI is InChI=1S/C13H12N3O3S2/c17-12-2-1-8-16(12)10-3-5-11(6-4-10)21(18,19)15-13-14-7-9-20-13/h2-7,9H,1,8H2,(H,14,15). The number of anilines is 2. The molecule has 0 unspecified atom stereocenters. The Labute approximate surface area is 126 Å². The van der Waals surface area contributed by atoms with Gasteiger partial charge in [0.2, 0.25) is 5.91 Å². The first-order chi connectivity index (χ1) is 10.1. The number of sulfonamides is 1. The van der Waals surface area contributed by atoms with E-state index in [9.17, 15) is 13.2 Å². The van der Waals surface area contributed by atoms with Gasteiger partial charge in [-0.2, -0.15) is 0 Å². The van der Waals surface area contributed by atoms with E-state index in [1.807, 2.05) is 0 Å². The average molecular weight is 322 g/mol. The van der Waals surface area contributed by atoms with Crippen LogP contribution in [0.1, 0.15) is 6.42 Å². The van der Waals surface area contributed by atoms with Crippen molar-refractivity contribution in [2.45, 2.75) is 11.3 Å². The van der Waals surface area contributed by atoms with Crippen LogP contribution in [0, 0.1) is 6.42 Å². The number of nitrogens with one attached hydrogen (secondary N) is 1. The summed E-state index contributed by atoms with van der Waals surface area (Å²) in [6.45, 7) is 0.627. The van der Waals surface area contributed by atoms with Gasteiger partial charge < -0.3 is 4.90 Å². The van der Waals surface area contributed by atoms with E-state index < -0.39 is 10.0 Å². The van der Waals surface area contributed by atoms with Crippen LogP contribution in [0.2, 0.25) is 0 Å². The highest BCUT2D eigenvalue weighted by Gasteiger charge is 2.23. The average Bonchev–Trinajstić information content (AvgIpc) is 3.10. The predicted molar refractivity (Wildman–Crippen MR) is 80.6 cm³/mol. The summed E-state index contributed by atoms with van der Waals surface area (Å²) in [7, 11) is -3.65. The zero-order chi connectivity index (χ0) is 14.9. The van der Waals surface area contributed by atoms with Gasteiger partial charge in [-0.1, -0.05) is 0 Å². The second-order valence-corrected chi connectivity index (χ2v) is 7.00. The Bertz CT molecular complexity index is 739. The van der Waals surface area contributed by atoms with Gasteiger partial charge in [0.1, 0.15) is 0 Å². The van der Waals surface area contributed by atoms with Gasteiger partial charge in [-0.3, -0.25) is 9.52 Å². The summed E-state index contributed by atoms with van der Waals surface area (Å²) in [6, 6.07) is 6.23. The maximum absolute atomic E-state index is 12.2. The molecular formula is C13H12N3O3S2. The van der Waals surface area contributed by atoms with Crippen molar-refractivity contribution in [2.24, 2.45) is 0 Å². The van der Waals surface area contributed by atoms with Gasteiger partial charge in [0, 0.05) is 23.8 Å². The molecule has 0 atom stereocenters. The van der Waals surface area contributed by atoms with Crippen LogP contribution in [0.4, 0.5) is 10.8 Å². The first-order valence-electron chi connectivity index (χ1n) is 6.23. The van der Waals surface area contributed by atoms with Crippen LogP contribution in [0.3, 0.4) is 0 Å². The van der Waals surface area contributed by atoms with Crippen molar-refractivity contribution in [1.82, 2.24) is 4.98 Å². The van der Waals surface area contributed by atoms with Crippen LogP contribution in [0.15, 0.2) is 40.7 Å². The molecule has 2 heterocycles. The molecule has 1 amide bonds. The minimum absolute atomic E-state index is 0.0495. The summed E-state index contributed by atoms with van der Waals surface area (Å²) >= 11 is 1.21. The van der Waals surface area contributed by atoms with E-state index in [-0.39, 0.29) is 10.8 Å². The number of aromatic nitrogens is 1. The number of hydrogen-bond donors (Lipinski definition) is 1. The number of nitrogens with zero attached hydrogens (tertiary/aromatic N) is 2. The summed E-state index contributed by atoms with van der Waals surface area (Å²) in [5, 5.41) is 2.01. The summed E-state index contributed by atoms with van der Waals surface area (Å²) < 4.78 is 26.7. The molecule has 1 fully saturated rings. The predicted octanol–water partition coefficient (Wildman–Crippen LogP) is 1.88. The van der Waals surface area contributed by atoms with Crippen molar-refractivity contribution in [3.63, 3.8) is 0 Å². The fourth-order valence-corrected chi connectivity index (χ4v) is 3.84. The molecule has 3 rings (SSSR count). The van der Waals surface area contributed by atoms with Crippen LogP contribution < -0.4 is 9.62 Å².